The minimum absolute atomic E-state index is 0.0397. The van der Waals surface area contributed by atoms with Gasteiger partial charge >= 0.3 is 0 Å². The zero-order chi connectivity index (χ0) is 22.6. The molecule has 0 spiro atoms. The second kappa shape index (κ2) is 7.67. The second-order valence-electron chi connectivity index (χ2n) is 9.16. The number of aryl methyl sites for hydroxylation is 1. The number of nitrogens with zero attached hydrogens (tertiary/aromatic N) is 1. The van der Waals surface area contributed by atoms with Crippen LogP contribution in [0.3, 0.4) is 0 Å². The van der Waals surface area contributed by atoms with Gasteiger partial charge in [-0.1, -0.05) is 80.1 Å². The van der Waals surface area contributed by atoms with Gasteiger partial charge < -0.3 is 0 Å². The smallest absolute Gasteiger partial charge is 0.124 e. The summed E-state index contributed by atoms with van der Waals surface area (Å²) in [5.74, 6) is 0. The van der Waals surface area contributed by atoms with Gasteiger partial charge in [-0.2, -0.15) is 0 Å². The first kappa shape index (κ1) is 20.4. The van der Waals surface area contributed by atoms with E-state index in [0.717, 1.165) is 23.4 Å². The van der Waals surface area contributed by atoms with Crippen molar-refractivity contribution in [1.29, 1.82) is 0 Å². The van der Waals surface area contributed by atoms with Gasteiger partial charge in [0.2, 0.25) is 0 Å². The van der Waals surface area contributed by atoms with E-state index < -0.39 is 0 Å². The fourth-order valence-corrected chi connectivity index (χ4v) is 6.52. The lowest BCUT2D eigenvalue weighted by molar-refractivity contribution is 0.491. The summed E-state index contributed by atoms with van der Waals surface area (Å²) in [4.78, 5) is 4.94. The lowest BCUT2D eigenvalue weighted by Crippen LogP contribution is -2.23. The Morgan fingerprint density at radius 3 is 1.97 bits per heavy atom. The van der Waals surface area contributed by atoms with E-state index in [9.17, 15) is 0 Å². The molecule has 1 aliphatic rings. The SMILES string of the molecule is CCC1(CC)c2cc(-c3ccc(C)cc3)ccc2-c2ccc(-c3nc4ccccc4s3)cc21. The molecule has 0 saturated carbocycles. The molecule has 0 atom stereocenters. The van der Waals surface area contributed by atoms with Crippen LogP contribution in [0, 0.1) is 6.92 Å². The third-order valence-electron chi connectivity index (χ3n) is 7.49. The normalized spacial score (nSPS) is 13.8. The average Bonchev–Trinajstić information content (AvgIpc) is 3.41. The van der Waals surface area contributed by atoms with Crippen LogP contribution in [0.1, 0.15) is 43.4 Å². The van der Waals surface area contributed by atoms with Gasteiger partial charge in [-0.05, 0) is 77.4 Å². The van der Waals surface area contributed by atoms with Gasteiger partial charge in [-0.3, -0.25) is 0 Å². The highest BCUT2D eigenvalue weighted by atomic mass is 32.1. The van der Waals surface area contributed by atoms with E-state index in [2.05, 4.69) is 106 Å². The number of para-hydroxylation sites is 1. The van der Waals surface area contributed by atoms with Gasteiger partial charge in [-0.25, -0.2) is 4.98 Å². The molecular weight excluding hydrogens is 418 g/mol. The highest BCUT2D eigenvalue weighted by Gasteiger charge is 2.40. The molecule has 0 radical (unpaired) electrons. The van der Waals surface area contributed by atoms with Gasteiger partial charge in [-0.15, -0.1) is 11.3 Å². The standard InChI is InChI=1S/C31H27NS/c1-4-31(5-2)26-18-22(21-12-10-20(3)11-13-21)14-16-24(26)25-17-15-23(19-27(25)31)30-32-28-8-6-7-9-29(28)33-30/h6-19H,4-5H2,1-3H3. The van der Waals surface area contributed by atoms with E-state index in [1.165, 1.54) is 49.2 Å². The van der Waals surface area contributed by atoms with Crippen LogP contribution in [0.4, 0.5) is 0 Å². The monoisotopic (exact) mass is 445 g/mol. The predicted octanol–water partition coefficient (Wildman–Crippen LogP) is 9.03. The summed E-state index contributed by atoms with van der Waals surface area (Å²) in [6.07, 6.45) is 2.17. The van der Waals surface area contributed by atoms with Crippen LogP contribution in [0.25, 0.3) is 43.0 Å². The van der Waals surface area contributed by atoms with Crippen molar-refractivity contribution in [2.45, 2.75) is 39.0 Å². The summed E-state index contributed by atoms with van der Waals surface area (Å²) in [5.41, 5.74) is 11.9. The summed E-state index contributed by atoms with van der Waals surface area (Å²) in [7, 11) is 0. The molecule has 1 aromatic heterocycles. The van der Waals surface area contributed by atoms with E-state index in [-0.39, 0.29) is 5.41 Å². The first-order valence-corrected chi connectivity index (χ1v) is 12.7. The maximum atomic E-state index is 4.94. The van der Waals surface area contributed by atoms with Gasteiger partial charge in [0.15, 0.2) is 0 Å². The molecule has 0 amide bonds. The maximum Gasteiger partial charge on any atom is 0.124 e. The van der Waals surface area contributed by atoms with Gasteiger partial charge in [0.25, 0.3) is 0 Å². The zero-order valence-electron chi connectivity index (χ0n) is 19.4. The molecule has 0 aliphatic heterocycles. The second-order valence-corrected chi connectivity index (χ2v) is 10.2. The van der Waals surface area contributed by atoms with Crippen molar-refractivity contribution in [3.63, 3.8) is 0 Å². The molecule has 0 unspecified atom stereocenters. The molecule has 2 heteroatoms. The van der Waals surface area contributed by atoms with E-state index >= 15 is 0 Å². The molecule has 4 aromatic carbocycles. The van der Waals surface area contributed by atoms with Gasteiger partial charge in [0, 0.05) is 11.0 Å². The Hall–Kier alpha value is -3.23. The van der Waals surface area contributed by atoms with Crippen molar-refractivity contribution in [1.82, 2.24) is 4.98 Å². The zero-order valence-corrected chi connectivity index (χ0v) is 20.2. The molecule has 5 aromatic rings. The van der Waals surface area contributed by atoms with Crippen LogP contribution in [-0.4, -0.2) is 4.98 Å². The molecule has 1 aliphatic carbocycles. The fraction of sp³-hybridized carbons (Fsp3) is 0.194. The molecule has 1 nitrogen and oxygen atoms in total. The highest BCUT2D eigenvalue weighted by molar-refractivity contribution is 7.21. The van der Waals surface area contributed by atoms with Crippen LogP contribution in [-0.2, 0) is 5.41 Å². The van der Waals surface area contributed by atoms with Crippen LogP contribution in [0.5, 0.6) is 0 Å². The summed E-state index contributed by atoms with van der Waals surface area (Å²) >= 11 is 1.78. The molecule has 1 heterocycles. The highest BCUT2D eigenvalue weighted by Crippen LogP contribution is 2.54. The Balaban J connectivity index is 1.51. The predicted molar refractivity (Wildman–Crippen MR) is 142 cm³/mol. The molecule has 0 fully saturated rings. The Bertz CT molecular complexity index is 1450. The third kappa shape index (κ3) is 3.08. The number of hydrogen-bond acceptors (Lipinski definition) is 2. The number of rotatable bonds is 4. The largest absolute Gasteiger partial charge is 0.236 e. The minimum Gasteiger partial charge on any atom is -0.236 e. The number of hydrogen-bond donors (Lipinski definition) is 0. The summed E-state index contributed by atoms with van der Waals surface area (Å²) in [5, 5.41) is 1.11. The number of aromatic nitrogens is 1. The number of thiazole rings is 1. The Morgan fingerprint density at radius 1 is 0.697 bits per heavy atom. The molecule has 33 heavy (non-hydrogen) atoms. The topological polar surface area (TPSA) is 12.9 Å². The molecule has 162 valence electrons. The summed E-state index contributed by atoms with van der Waals surface area (Å²) in [6.45, 7) is 6.82. The average molecular weight is 446 g/mol. The number of fused-ring (bicyclic) bond motifs is 4. The lowest BCUT2D eigenvalue weighted by atomic mass is 9.73. The molecule has 0 saturated heterocycles. The maximum absolute atomic E-state index is 4.94. The van der Waals surface area contributed by atoms with Crippen LogP contribution >= 0.6 is 11.3 Å². The van der Waals surface area contributed by atoms with Crippen LogP contribution in [0.15, 0.2) is 84.9 Å². The molecule has 0 bridgehead atoms. The third-order valence-corrected chi connectivity index (χ3v) is 8.58. The van der Waals surface area contributed by atoms with Crippen molar-refractivity contribution in [2.75, 3.05) is 0 Å². The number of benzene rings is 4. The van der Waals surface area contributed by atoms with Crippen molar-refractivity contribution < 1.29 is 0 Å². The van der Waals surface area contributed by atoms with Crippen LogP contribution < -0.4 is 0 Å². The minimum atomic E-state index is 0.0397. The molecular formula is C31H27NS. The fourth-order valence-electron chi connectivity index (χ4n) is 5.56. The van der Waals surface area contributed by atoms with E-state index in [4.69, 9.17) is 4.98 Å². The first-order valence-electron chi connectivity index (χ1n) is 11.9. The Morgan fingerprint density at radius 2 is 1.30 bits per heavy atom. The molecule has 6 rings (SSSR count). The van der Waals surface area contributed by atoms with Crippen molar-refractivity contribution in [2.24, 2.45) is 0 Å². The van der Waals surface area contributed by atoms with E-state index in [1.807, 2.05) is 0 Å². The van der Waals surface area contributed by atoms with Crippen molar-refractivity contribution in [3.05, 3.63) is 102 Å². The molecule has 0 N–H and O–H groups in total. The van der Waals surface area contributed by atoms with Crippen molar-refractivity contribution >= 4 is 21.6 Å². The quantitative estimate of drug-likeness (QED) is 0.269. The van der Waals surface area contributed by atoms with Crippen LogP contribution in [0.2, 0.25) is 0 Å². The summed E-state index contributed by atoms with van der Waals surface area (Å²) in [6, 6.07) is 31.4. The van der Waals surface area contributed by atoms with Gasteiger partial charge in [0.05, 0.1) is 10.2 Å². The Labute approximate surface area is 199 Å². The van der Waals surface area contributed by atoms with E-state index in [1.54, 1.807) is 11.3 Å². The summed E-state index contributed by atoms with van der Waals surface area (Å²) < 4.78 is 1.25. The Kier molecular flexibility index (Phi) is 4.74. The first-order chi connectivity index (χ1) is 16.1. The van der Waals surface area contributed by atoms with Gasteiger partial charge in [0.1, 0.15) is 5.01 Å². The lowest BCUT2D eigenvalue weighted by Gasteiger charge is -2.30. The van der Waals surface area contributed by atoms with Crippen molar-refractivity contribution in [3.8, 4) is 32.8 Å². The van der Waals surface area contributed by atoms with E-state index in [0.29, 0.717) is 0 Å².